The molecule has 0 atom stereocenters. The first-order chi connectivity index (χ1) is 15.5. The molecule has 0 aliphatic carbocycles. The number of nitrogens with one attached hydrogen (secondary N) is 3. The first-order valence-electron chi connectivity index (χ1n) is 10.3. The number of unbranched alkanes of at least 4 members (excludes halogenated alkanes) is 1. The Bertz CT molecular complexity index is 1050. The van der Waals surface area contributed by atoms with E-state index in [-0.39, 0.29) is 11.5 Å². The third kappa shape index (κ3) is 6.52. The van der Waals surface area contributed by atoms with Gasteiger partial charge in [-0.05, 0) is 54.6 Å². The Balaban J connectivity index is 1.63. The number of aromatic nitrogens is 2. The van der Waals surface area contributed by atoms with E-state index in [4.69, 9.17) is 10.5 Å². The molecule has 1 aromatic heterocycles. The maximum Gasteiger partial charge on any atom is 0.324 e. The number of amides is 3. The number of benzene rings is 2. The first-order valence-corrected chi connectivity index (χ1v) is 11.5. The molecular formula is C23H27N5O3S. The van der Waals surface area contributed by atoms with Crippen molar-refractivity contribution < 1.29 is 14.3 Å². The van der Waals surface area contributed by atoms with Crippen molar-refractivity contribution in [2.45, 2.75) is 31.1 Å². The lowest BCUT2D eigenvalue weighted by Gasteiger charge is -2.09. The maximum atomic E-state index is 12.4. The average Bonchev–Trinajstić information content (AvgIpc) is 3.18. The van der Waals surface area contributed by atoms with Gasteiger partial charge in [-0.15, -0.1) is 11.8 Å². The van der Waals surface area contributed by atoms with Crippen LogP contribution in [0.3, 0.4) is 0 Å². The molecule has 32 heavy (non-hydrogen) atoms. The number of carbonyl (C=O) groups excluding carboxylic acids is 2. The zero-order valence-electron chi connectivity index (χ0n) is 18.1. The highest BCUT2D eigenvalue weighted by Gasteiger charge is 2.17. The van der Waals surface area contributed by atoms with Crippen LogP contribution in [0.15, 0.2) is 53.4 Å². The van der Waals surface area contributed by atoms with Gasteiger partial charge in [0.25, 0.3) is 5.91 Å². The van der Waals surface area contributed by atoms with Crippen molar-refractivity contribution in [1.29, 1.82) is 0 Å². The number of primary amides is 1. The predicted octanol–water partition coefficient (Wildman–Crippen LogP) is 4.64. The molecule has 3 aromatic rings. The Morgan fingerprint density at radius 3 is 2.44 bits per heavy atom. The van der Waals surface area contributed by atoms with E-state index in [1.54, 1.807) is 36.0 Å². The molecule has 168 valence electrons. The van der Waals surface area contributed by atoms with Crippen LogP contribution in [-0.2, 0) is 6.42 Å². The summed E-state index contributed by atoms with van der Waals surface area (Å²) in [6, 6.07) is 14.6. The number of anilines is 2. The number of carbonyl (C=O) groups is 2. The number of urea groups is 1. The van der Waals surface area contributed by atoms with Gasteiger partial charge in [-0.25, -0.2) is 9.78 Å². The molecule has 0 radical (unpaired) electrons. The second-order valence-electron chi connectivity index (χ2n) is 7.10. The number of thioether (sulfide) groups is 1. The number of imidazole rings is 1. The van der Waals surface area contributed by atoms with E-state index in [0.29, 0.717) is 24.5 Å². The number of nitrogens with two attached hydrogens (primary N) is 1. The predicted molar refractivity (Wildman–Crippen MR) is 128 cm³/mol. The Morgan fingerprint density at radius 2 is 1.81 bits per heavy atom. The topological polar surface area (TPSA) is 122 Å². The second kappa shape index (κ2) is 11.2. The van der Waals surface area contributed by atoms with E-state index in [0.717, 1.165) is 29.1 Å². The summed E-state index contributed by atoms with van der Waals surface area (Å²) in [5.74, 6) is 0.697. The van der Waals surface area contributed by atoms with Crippen LogP contribution in [-0.4, -0.2) is 34.8 Å². The number of nitrogens with zero attached hydrogens (tertiary/aromatic N) is 1. The molecule has 5 N–H and O–H groups in total. The minimum Gasteiger partial charge on any atom is -0.494 e. The number of rotatable bonds is 10. The third-order valence-electron chi connectivity index (χ3n) is 4.63. The summed E-state index contributed by atoms with van der Waals surface area (Å²) in [4.78, 5) is 32.6. The molecule has 2 aromatic carbocycles. The summed E-state index contributed by atoms with van der Waals surface area (Å²) in [6.45, 7) is 2.76. The minimum atomic E-state index is -0.728. The molecule has 1 heterocycles. The van der Waals surface area contributed by atoms with E-state index < -0.39 is 11.9 Å². The van der Waals surface area contributed by atoms with E-state index >= 15 is 0 Å². The third-order valence-corrected chi connectivity index (χ3v) is 5.38. The van der Waals surface area contributed by atoms with Crippen molar-refractivity contribution in [3.63, 3.8) is 0 Å². The van der Waals surface area contributed by atoms with Crippen molar-refractivity contribution in [3.05, 3.63) is 65.6 Å². The zero-order valence-corrected chi connectivity index (χ0v) is 18.9. The van der Waals surface area contributed by atoms with Crippen LogP contribution in [0.4, 0.5) is 16.3 Å². The van der Waals surface area contributed by atoms with Crippen LogP contribution >= 0.6 is 11.8 Å². The largest absolute Gasteiger partial charge is 0.494 e. The molecule has 0 saturated heterocycles. The Hall–Kier alpha value is -3.46. The number of hydrogen-bond acceptors (Lipinski definition) is 5. The smallest absolute Gasteiger partial charge is 0.324 e. The van der Waals surface area contributed by atoms with Crippen molar-refractivity contribution >= 4 is 35.2 Å². The fraction of sp³-hybridized carbons (Fsp3) is 0.261. The van der Waals surface area contributed by atoms with E-state index in [1.807, 2.05) is 30.5 Å². The van der Waals surface area contributed by atoms with Crippen LogP contribution < -0.4 is 21.1 Å². The Kier molecular flexibility index (Phi) is 8.15. The normalized spacial score (nSPS) is 10.6. The standard InChI is InChI=1S/C23H27N5O3S/c1-3-4-13-31-17-9-7-16(8-10-17)25-23(30)28-22-20(21(24)29)26-19(27-22)14-15-5-11-18(32-2)12-6-15/h5-12H,3-4,13-14H2,1-2H3,(H2,24,29)(H,26,27)(H2,25,28,30). The van der Waals surface area contributed by atoms with Crippen LogP contribution in [0.2, 0.25) is 0 Å². The molecular weight excluding hydrogens is 426 g/mol. The summed E-state index contributed by atoms with van der Waals surface area (Å²) in [7, 11) is 0. The maximum absolute atomic E-state index is 12.4. The number of hydrogen-bond donors (Lipinski definition) is 4. The van der Waals surface area contributed by atoms with Gasteiger partial charge in [-0.1, -0.05) is 25.5 Å². The Morgan fingerprint density at radius 1 is 1.09 bits per heavy atom. The van der Waals surface area contributed by atoms with Gasteiger partial charge in [0.2, 0.25) is 0 Å². The van der Waals surface area contributed by atoms with Gasteiger partial charge >= 0.3 is 6.03 Å². The highest BCUT2D eigenvalue weighted by atomic mass is 32.2. The van der Waals surface area contributed by atoms with Crippen molar-refractivity contribution in [1.82, 2.24) is 9.97 Å². The van der Waals surface area contributed by atoms with Crippen molar-refractivity contribution in [2.75, 3.05) is 23.5 Å². The van der Waals surface area contributed by atoms with Gasteiger partial charge in [0.15, 0.2) is 5.69 Å². The molecule has 0 aliphatic heterocycles. The van der Waals surface area contributed by atoms with Gasteiger partial charge in [-0.3, -0.25) is 10.1 Å². The van der Waals surface area contributed by atoms with Gasteiger partial charge in [0.1, 0.15) is 17.4 Å². The monoisotopic (exact) mass is 453 g/mol. The highest BCUT2D eigenvalue weighted by Crippen LogP contribution is 2.20. The van der Waals surface area contributed by atoms with Gasteiger partial charge in [0.05, 0.1) is 6.61 Å². The number of H-pyrrole nitrogens is 1. The summed E-state index contributed by atoms with van der Waals surface area (Å²) in [5.41, 5.74) is 7.03. The fourth-order valence-electron chi connectivity index (χ4n) is 2.96. The van der Waals surface area contributed by atoms with Crippen molar-refractivity contribution in [2.24, 2.45) is 5.73 Å². The van der Waals surface area contributed by atoms with Gasteiger partial charge in [-0.2, -0.15) is 0 Å². The molecule has 0 bridgehead atoms. The summed E-state index contributed by atoms with van der Waals surface area (Å²) in [6.07, 6.45) is 4.53. The molecule has 0 aliphatic rings. The molecule has 9 heteroatoms. The molecule has 3 rings (SSSR count). The molecule has 0 spiro atoms. The highest BCUT2D eigenvalue weighted by molar-refractivity contribution is 7.98. The molecule has 0 unspecified atom stereocenters. The quantitative estimate of drug-likeness (QED) is 0.263. The second-order valence-corrected chi connectivity index (χ2v) is 7.98. The SMILES string of the molecule is CCCCOc1ccc(NC(=O)Nc2[nH]c(Cc3ccc(SC)cc3)nc2C(N)=O)cc1. The van der Waals surface area contributed by atoms with Crippen molar-refractivity contribution in [3.8, 4) is 5.75 Å². The summed E-state index contributed by atoms with van der Waals surface area (Å²) in [5, 5.41) is 5.33. The minimum absolute atomic E-state index is 0.0180. The van der Waals surface area contributed by atoms with E-state index in [1.165, 1.54) is 0 Å². The lowest BCUT2D eigenvalue weighted by molar-refractivity contribution is 0.0997. The van der Waals surface area contributed by atoms with Gasteiger partial charge in [0, 0.05) is 17.0 Å². The van der Waals surface area contributed by atoms with E-state index in [2.05, 4.69) is 27.5 Å². The molecule has 8 nitrogen and oxygen atoms in total. The number of ether oxygens (including phenoxy) is 1. The van der Waals surface area contributed by atoms with Crippen LogP contribution in [0.5, 0.6) is 5.75 Å². The van der Waals surface area contributed by atoms with Gasteiger partial charge < -0.3 is 20.8 Å². The summed E-state index contributed by atoms with van der Waals surface area (Å²) >= 11 is 1.66. The average molecular weight is 454 g/mol. The van der Waals surface area contributed by atoms with Crippen LogP contribution in [0.1, 0.15) is 41.6 Å². The lowest BCUT2D eigenvalue weighted by atomic mass is 10.1. The molecule has 0 fully saturated rings. The zero-order chi connectivity index (χ0) is 22.9. The fourth-order valence-corrected chi connectivity index (χ4v) is 3.36. The summed E-state index contributed by atoms with van der Waals surface area (Å²) < 4.78 is 5.61. The molecule has 0 saturated carbocycles. The van der Waals surface area contributed by atoms with Crippen LogP contribution in [0, 0.1) is 0 Å². The number of aromatic amines is 1. The lowest BCUT2D eigenvalue weighted by Crippen LogP contribution is -2.22. The van der Waals surface area contributed by atoms with Crippen LogP contribution in [0.25, 0.3) is 0 Å². The Labute approximate surface area is 191 Å². The molecule has 3 amide bonds. The van der Waals surface area contributed by atoms with E-state index in [9.17, 15) is 9.59 Å². The first kappa shape index (κ1) is 23.2.